The van der Waals surface area contributed by atoms with Crippen molar-refractivity contribution >= 4 is 0 Å². The van der Waals surface area contributed by atoms with Gasteiger partial charge in [0.15, 0.2) is 0 Å². The van der Waals surface area contributed by atoms with Crippen molar-refractivity contribution in [2.45, 2.75) is 38.8 Å². The van der Waals surface area contributed by atoms with Gasteiger partial charge in [0.1, 0.15) is 12.4 Å². The van der Waals surface area contributed by atoms with Crippen LogP contribution >= 0.6 is 0 Å². The summed E-state index contributed by atoms with van der Waals surface area (Å²) in [5.74, 6) is 0.842. The quantitative estimate of drug-likeness (QED) is 0.693. The van der Waals surface area contributed by atoms with Gasteiger partial charge in [0.25, 0.3) is 0 Å². The smallest absolute Gasteiger partial charge is 0.119 e. The van der Waals surface area contributed by atoms with E-state index in [1.54, 1.807) is 0 Å². The van der Waals surface area contributed by atoms with Gasteiger partial charge in [-0.2, -0.15) is 0 Å². The Morgan fingerprint density at radius 2 is 1.74 bits per heavy atom. The van der Waals surface area contributed by atoms with Gasteiger partial charge in [0, 0.05) is 12.6 Å². The molecule has 2 unspecified atom stereocenters. The average Bonchev–Trinajstić information content (AvgIpc) is 2.59. The number of aliphatic hydroxyl groups is 1. The number of aliphatic hydroxyl groups excluding tert-OH is 1. The average molecular weight is 313 g/mol. The summed E-state index contributed by atoms with van der Waals surface area (Å²) < 4.78 is 5.73. The van der Waals surface area contributed by atoms with E-state index in [2.05, 4.69) is 36.5 Å². The van der Waals surface area contributed by atoms with Gasteiger partial charge in [-0.1, -0.05) is 49.4 Å². The van der Waals surface area contributed by atoms with Crippen molar-refractivity contribution in [3.05, 3.63) is 65.7 Å². The highest BCUT2D eigenvalue weighted by molar-refractivity contribution is 5.28. The molecule has 3 heteroatoms. The first-order valence-electron chi connectivity index (χ1n) is 8.37. The Bertz CT molecular complexity index is 554. The van der Waals surface area contributed by atoms with Gasteiger partial charge in [-0.25, -0.2) is 0 Å². The lowest BCUT2D eigenvalue weighted by Gasteiger charge is -2.15. The van der Waals surface area contributed by atoms with Gasteiger partial charge in [-0.15, -0.1) is 0 Å². The molecule has 0 spiro atoms. The van der Waals surface area contributed by atoms with Crippen LogP contribution in [0, 0.1) is 0 Å². The monoisotopic (exact) mass is 313 g/mol. The largest absolute Gasteiger partial charge is 0.492 e. The molecule has 0 fully saturated rings. The molecular weight excluding hydrogens is 286 g/mol. The maximum Gasteiger partial charge on any atom is 0.119 e. The maximum atomic E-state index is 9.77. The Hall–Kier alpha value is -1.84. The predicted molar refractivity (Wildman–Crippen MR) is 94.8 cm³/mol. The van der Waals surface area contributed by atoms with Gasteiger partial charge in [-0.05, 0) is 43.0 Å². The minimum absolute atomic E-state index is 0.385. The molecule has 2 aromatic rings. The van der Waals surface area contributed by atoms with Crippen LogP contribution in [0.25, 0.3) is 0 Å². The van der Waals surface area contributed by atoms with E-state index in [-0.39, 0.29) is 6.10 Å². The molecule has 0 heterocycles. The van der Waals surface area contributed by atoms with Gasteiger partial charge >= 0.3 is 0 Å². The number of hydrogen-bond acceptors (Lipinski definition) is 3. The normalized spacial score (nSPS) is 13.5. The van der Waals surface area contributed by atoms with E-state index in [1.807, 2.05) is 37.3 Å². The van der Waals surface area contributed by atoms with E-state index < -0.39 is 0 Å². The first-order valence-corrected chi connectivity index (χ1v) is 8.37. The van der Waals surface area contributed by atoms with Gasteiger partial charge in [0.2, 0.25) is 0 Å². The van der Waals surface area contributed by atoms with Crippen molar-refractivity contribution in [1.29, 1.82) is 0 Å². The molecule has 0 amide bonds. The molecule has 0 saturated carbocycles. The first-order chi connectivity index (χ1) is 11.2. The number of nitrogens with one attached hydrogen (secondary N) is 1. The van der Waals surface area contributed by atoms with Crippen molar-refractivity contribution in [2.24, 2.45) is 0 Å². The molecule has 2 rings (SSSR count). The molecule has 0 aliphatic heterocycles. The molecular formula is C20H27NO2. The van der Waals surface area contributed by atoms with Gasteiger partial charge in [-0.3, -0.25) is 0 Å². The molecule has 124 valence electrons. The third-order valence-electron chi connectivity index (χ3n) is 3.90. The van der Waals surface area contributed by atoms with E-state index in [1.165, 1.54) is 5.56 Å². The van der Waals surface area contributed by atoms with Gasteiger partial charge < -0.3 is 15.2 Å². The van der Waals surface area contributed by atoms with Crippen LogP contribution in [0.5, 0.6) is 5.75 Å². The third kappa shape index (κ3) is 6.05. The first kappa shape index (κ1) is 17.5. The highest BCUT2D eigenvalue weighted by Crippen LogP contribution is 2.19. The molecule has 2 aromatic carbocycles. The van der Waals surface area contributed by atoms with E-state index in [0.717, 1.165) is 30.7 Å². The summed E-state index contributed by atoms with van der Waals surface area (Å²) in [5.41, 5.74) is 2.29. The Morgan fingerprint density at radius 3 is 2.39 bits per heavy atom. The Balaban J connectivity index is 1.67. The van der Waals surface area contributed by atoms with Crippen LogP contribution in [0.2, 0.25) is 0 Å². The minimum atomic E-state index is -0.385. The van der Waals surface area contributed by atoms with Crippen LogP contribution < -0.4 is 10.1 Å². The van der Waals surface area contributed by atoms with Crippen molar-refractivity contribution in [3.8, 4) is 5.75 Å². The van der Waals surface area contributed by atoms with Crippen molar-refractivity contribution in [3.63, 3.8) is 0 Å². The number of hydrogen-bond donors (Lipinski definition) is 2. The summed E-state index contributed by atoms with van der Waals surface area (Å²) in [7, 11) is 0. The molecule has 0 aromatic heterocycles. The summed E-state index contributed by atoms with van der Waals surface area (Å²) in [5, 5.41) is 13.2. The third-order valence-corrected chi connectivity index (χ3v) is 3.90. The van der Waals surface area contributed by atoms with E-state index >= 15 is 0 Å². The zero-order valence-corrected chi connectivity index (χ0v) is 14.0. The molecule has 23 heavy (non-hydrogen) atoms. The fourth-order valence-corrected chi connectivity index (χ4v) is 2.54. The second-order valence-electron chi connectivity index (χ2n) is 5.89. The van der Waals surface area contributed by atoms with Crippen LogP contribution in [-0.2, 0) is 6.42 Å². The van der Waals surface area contributed by atoms with Crippen LogP contribution in [0.3, 0.4) is 0 Å². The van der Waals surface area contributed by atoms with Crippen LogP contribution in [0.4, 0.5) is 0 Å². The van der Waals surface area contributed by atoms with Crippen LogP contribution in [-0.4, -0.2) is 24.3 Å². The van der Waals surface area contributed by atoms with Crippen LogP contribution in [0.15, 0.2) is 54.6 Å². The topological polar surface area (TPSA) is 41.5 Å². The lowest BCUT2D eigenvalue weighted by molar-refractivity contribution is 0.173. The molecule has 0 saturated heterocycles. The van der Waals surface area contributed by atoms with Crippen molar-refractivity contribution in [1.82, 2.24) is 5.32 Å². The predicted octanol–water partition coefficient (Wildman–Crippen LogP) is 3.73. The van der Waals surface area contributed by atoms with Gasteiger partial charge in [0.05, 0.1) is 6.10 Å². The Kier molecular flexibility index (Phi) is 7.11. The van der Waals surface area contributed by atoms with Crippen LogP contribution in [0.1, 0.15) is 37.5 Å². The Labute approximate surface area is 139 Å². The van der Waals surface area contributed by atoms with E-state index in [4.69, 9.17) is 4.74 Å². The Morgan fingerprint density at radius 1 is 1.04 bits per heavy atom. The highest BCUT2D eigenvalue weighted by atomic mass is 16.5. The number of benzene rings is 2. The number of ether oxygens (including phenoxy) is 1. The molecule has 0 aliphatic rings. The zero-order chi connectivity index (χ0) is 16.5. The molecule has 0 bridgehead atoms. The highest BCUT2D eigenvalue weighted by Gasteiger charge is 2.05. The fourth-order valence-electron chi connectivity index (χ4n) is 2.54. The molecule has 2 N–H and O–H groups in total. The minimum Gasteiger partial charge on any atom is -0.492 e. The summed E-state index contributed by atoms with van der Waals surface area (Å²) in [6, 6.07) is 18.6. The number of rotatable bonds is 9. The van der Waals surface area contributed by atoms with Crippen molar-refractivity contribution in [2.75, 3.05) is 13.2 Å². The summed E-state index contributed by atoms with van der Waals surface area (Å²) in [6.07, 6.45) is 1.36. The zero-order valence-electron chi connectivity index (χ0n) is 14.0. The van der Waals surface area contributed by atoms with E-state index in [0.29, 0.717) is 12.6 Å². The standard InChI is InChI=1S/C20H27NO2/c1-3-20(22)18-9-11-19(12-10-18)23-14-13-21-16(2)15-17-7-5-4-6-8-17/h4-12,16,20-22H,3,13-15H2,1-2H3. The molecule has 3 nitrogen and oxygen atoms in total. The lowest BCUT2D eigenvalue weighted by atomic mass is 10.1. The molecule has 2 atom stereocenters. The molecule has 0 aliphatic carbocycles. The van der Waals surface area contributed by atoms with Crippen molar-refractivity contribution < 1.29 is 9.84 Å². The summed E-state index contributed by atoms with van der Waals surface area (Å²) in [6.45, 7) is 5.60. The summed E-state index contributed by atoms with van der Waals surface area (Å²) >= 11 is 0. The second kappa shape index (κ2) is 9.33. The maximum absolute atomic E-state index is 9.77. The SMILES string of the molecule is CCC(O)c1ccc(OCCNC(C)Cc2ccccc2)cc1. The summed E-state index contributed by atoms with van der Waals surface area (Å²) in [4.78, 5) is 0. The fraction of sp³-hybridized carbons (Fsp3) is 0.400. The second-order valence-corrected chi connectivity index (χ2v) is 5.89. The van der Waals surface area contributed by atoms with E-state index in [9.17, 15) is 5.11 Å². The molecule has 0 radical (unpaired) electrons. The lowest BCUT2D eigenvalue weighted by Crippen LogP contribution is -2.31.